The van der Waals surface area contributed by atoms with Gasteiger partial charge >= 0.3 is 0 Å². The van der Waals surface area contributed by atoms with Crippen LogP contribution in [0.1, 0.15) is 38.5 Å². The van der Waals surface area contributed by atoms with E-state index in [2.05, 4.69) is 39.4 Å². The first-order chi connectivity index (χ1) is 8.77. The molecule has 1 saturated carbocycles. The van der Waals surface area contributed by atoms with Crippen molar-refractivity contribution in [1.29, 1.82) is 0 Å². The average molecular weight is 310 g/mol. The Morgan fingerprint density at radius 2 is 2.00 bits per heavy atom. The molecule has 3 rings (SSSR count). The summed E-state index contributed by atoms with van der Waals surface area (Å²) in [6, 6.07) is 8.26. The van der Waals surface area contributed by atoms with Crippen LogP contribution < -0.4 is 5.32 Å². The molecule has 0 bridgehead atoms. The number of hydrogen-bond acceptors (Lipinski definition) is 2. The van der Waals surface area contributed by atoms with E-state index in [4.69, 9.17) is 4.74 Å². The molecular weight excluding hydrogens is 290 g/mol. The topological polar surface area (TPSA) is 21.3 Å². The minimum absolute atomic E-state index is 0.250. The molecule has 3 heteroatoms. The maximum absolute atomic E-state index is 6.29. The summed E-state index contributed by atoms with van der Waals surface area (Å²) in [6.07, 6.45) is 8.11. The summed E-state index contributed by atoms with van der Waals surface area (Å²) in [7, 11) is 0. The largest absolute Gasteiger partial charge is 0.382 e. The number of para-hydroxylation sites is 1. The van der Waals surface area contributed by atoms with Gasteiger partial charge in [-0.15, -0.1) is 0 Å². The quantitative estimate of drug-likeness (QED) is 0.896. The monoisotopic (exact) mass is 309 g/mol. The molecule has 2 nitrogen and oxygen atoms in total. The number of ether oxygens (including phenoxy) is 1. The van der Waals surface area contributed by atoms with Crippen LogP contribution in [0.2, 0.25) is 0 Å². The molecule has 1 N–H and O–H groups in total. The van der Waals surface area contributed by atoms with Crippen LogP contribution in [0.25, 0.3) is 0 Å². The van der Waals surface area contributed by atoms with Crippen LogP contribution in [0, 0.1) is 0 Å². The first-order valence-electron chi connectivity index (χ1n) is 6.94. The normalized spacial score (nSPS) is 25.7. The lowest BCUT2D eigenvalue weighted by Crippen LogP contribution is -2.27. The van der Waals surface area contributed by atoms with Gasteiger partial charge in [0, 0.05) is 16.7 Å². The number of nitrogens with one attached hydrogen (secondary N) is 1. The fourth-order valence-corrected chi connectivity index (χ4v) is 3.68. The zero-order valence-electron chi connectivity index (χ0n) is 10.6. The predicted molar refractivity (Wildman–Crippen MR) is 77.9 cm³/mol. The lowest BCUT2D eigenvalue weighted by molar-refractivity contribution is -0.0307. The number of halogens is 1. The second kappa shape index (κ2) is 5.22. The SMILES string of the molecule is Brc1ccccc1NCC1CCC2(CCCC2)O1. The first-order valence-corrected chi connectivity index (χ1v) is 7.73. The molecule has 0 aromatic heterocycles. The van der Waals surface area contributed by atoms with E-state index in [9.17, 15) is 0 Å². The summed E-state index contributed by atoms with van der Waals surface area (Å²) in [5.74, 6) is 0. The third-order valence-corrected chi connectivity index (χ3v) is 4.94. The molecular formula is C15H20BrNO. The standard InChI is InChI=1S/C15H20BrNO/c16-13-5-1-2-6-14(13)17-11-12-7-10-15(18-12)8-3-4-9-15/h1-2,5-6,12,17H,3-4,7-11H2. The van der Waals surface area contributed by atoms with E-state index >= 15 is 0 Å². The second-order valence-electron chi connectivity index (χ2n) is 5.53. The molecule has 18 heavy (non-hydrogen) atoms. The Morgan fingerprint density at radius 3 is 2.78 bits per heavy atom. The molecule has 98 valence electrons. The van der Waals surface area contributed by atoms with Gasteiger partial charge in [-0.2, -0.15) is 0 Å². The van der Waals surface area contributed by atoms with Crippen LogP contribution in [-0.2, 0) is 4.74 Å². The van der Waals surface area contributed by atoms with E-state index in [0.717, 1.165) is 16.7 Å². The Hall–Kier alpha value is -0.540. The smallest absolute Gasteiger partial charge is 0.0756 e. The van der Waals surface area contributed by atoms with Crippen molar-refractivity contribution in [3.8, 4) is 0 Å². The molecule has 1 aromatic carbocycles. The minimum atomic E-state index is 0.250. The van der Waals surface area contributed by atoms with Crippen molar-refractivity contribution in [1.82, 2.24) is 0 Å². The van der Waals surface area contributed by atoms with E-state index < -0.39 is 0 Å². The van der Waals surface area contributed by atoms with E-state index in [1.165, 1.54) is 38.5 Å². The highest BCUT2D eigenvalue weighted by atomic mass is 79.9. The number of rotatable bonds is 3. The summed E-state index contributed by atoms with van der Waals surface area (Å²) in [5, 5.41) is 3.49. The molecule has 1 aliphatic carbocycles. The van der Waals surface area contributed by atoms with Crippen LogP contribution in [-0.4, -0.2) is 18.2 Å². The second-order valence-corrected chi connectivity index (χ2v) is 6.38. The first kappa shape index (κ1) is 12.5. The Morgan fingerprint density at radius 1 is 1.22 bits per heavy atom. The number of anilines is 1. The molecule has 1 spiro atoms. The molecule has 1 unspecified atom stereocenters. The van der Waals surface area contributed by atoms with Crippen LogP contribution >= 0.6 is 15.9 Å². The van der Waals surface area contributed by atoms with Gasteiger partial charge < -0.3 is 10.1 Å². The van der Waals surface area contributed by atoms with E-state index in [1.54, 1.807) is 0 Å². The zero-order chi connectivity index (χ0) is 12.4. The Labute approximate surface area is 117 Å². The Bertz CT molecular complexity index is 415. The molecule has 2 fully saturated rings. The van der Waals surface area contributed by atoms with Crippen molar-refractivity contribution in [2.45, 2.75) is 50.2 Å². The summed E-state index contributed by atoms with van der Waals surface area (Å²) in [4.78, 5) is 0. The minimum Gasteiger partial charge on any atom is -0.382 e. The number of benzene rings is 1. The predicted octanol–water partition coefficient (Wildman–Crippen LogP) is 4.35. The van der Waals surface area contributed by atoms with Crippen molar-refractivity contribution in [2.24, 2.45) is 0 Å². The van der Waals surface area contributed by atoms with Crippen LogP contribution in [0.3, 0.4) is 0 Å². The molecule has 0 amide bonds. The number of hydrogen-bond donors (Lipinski definition) is 1. The van der Waals surface area contributed by atoms with Gasteiger partial charge in [0.25, 0.3) is 0 Å². The summed E-state index contributed by atoms with van der Waals surface area (Å²) in [5.41, 5.74) is 1.41. The fraction of sp³-hybridized carbons (Fsp3) is 0.600. The Kier molecular flexibility index (Phi) is 3.62. The van der Waals surface area contributed by atoms with Crippen LogP contribution in [0.4, 0.5) is 5.69 Å². The molecule has 1 aliphatic heterocycles. The van der Waals surface area contributed by atoms with Crippen molar-refractivity contribution in [3.63, 3.8) is 0 Å². The van der Waals surface area contributed by atoms with Gasteiger partial charge in [0.05, 0.1) is 11.7 Å². The molecule has 1 heterocycles. The summed E-state index contributed by atoms with van der Waals surface area (Å²) in [6.45, 7) is 0.921. The highest BCUT2D eigenvalue weighted by Gasteiger charge is 2.41. The molecule has 1 aromatic rings. The van der Waals surface area contributed by atoms with Gasteiger partial charge in [-0.05, 0) is 53.7 Å². The van der Waals surface area contributed by atoms with E-state index in [1.807, 2.05) is 6.07 Å². The fourth-order valence-electron chi connectivity index (χ4n) is 3.25. The van der Waals surface area contributed by atoms with Crippen molar-refractivity contribution in [2.75, 3.05) is 11.9 Å². The lowest BCUT2D eigenvalue weighted by Gasteiger charge is -2.24. The van der Waals surface area contributed by atoms with Crippen LogP contribution in [0.15, 0.2) is 28.7 Å². The Balaban J connectivity index is 1.54. The lowest BCUT2D eigenvalue weighted by atomic mass is 9.98. The van der Waals surface area contributed by atoms with E-state index in [0.29, 0.717) is 6.10 Å². The maximum atomic E-state index is 6.29. The molecule has 2 aliphatic rings. The van der Waals surface area contributed by atoms with Crippen molar-refractivity contribution >= 4 is 21.6 Å². The van der Waals surface area contributed by atoms with Gasteiger partial charge in [0.1, 0.15) is 0 Å². The van der Waals surface area contributed by atoms with Gasteiger partial charge in [0.15, 0.2) is 0 Å². The third kappa shape index (κ3) is 2.57. The average Bonchev–Trinajstić information content (AvgIpc) is 3.00. The highest BCUT2D eigenvalue weighted by Crippen LogP contribution is 2.43. The third-order valence-electron chi connectivity index (χ3n) is 4.25. The van der Waals surface area contributed by atoms with Gasteiger partial charge in [-0.3, -0.25) is 0 Å². The summed E-state index contributed by atoms with van der Waals surface area (Å²) >= 11 is 3.56. The van der Waals surface area contributed by atoms with Gasteiger partial charge in [0.2, 0.25) is 0 Å². The molecule has 1 atom stereocenters. The maximum Gasteiger partial charge on any atom is 0.0756 e. The molecule has 0 radical (unpaired) electrons. The van der Waals surface area contributed by atoms with Gasteiger partial charge in [-0.25, -0.2) is 0 Å². The van der Waals surface area contributed by atoms with Gasteiger partial charge in [-0.1, -0.05) is 25.0 Å². The highest BCUT2D eigenvalue weighted by molar-refractivity contribution is 9.10. The summed E-state index contributed by atoms with van der Waals surface area (Å²) < 4.78 is 7.42. The van der Waals surface area contributed by atoms with E-state index in [-0.39, 0.29) is 5.60 Å². The zero-order valence-corrected chi connectivity index (χ0v) is 12.2. The molecule has 1 saturated heterocycles. The van der Waals surface area contributed by atoms with Crippen molar-refractivity contribution in [3.05, 3.63) is 28.7 Å². The van der Waals surface area contributed by atoms with Crippen LogP contribution in [0.5, 0.6) is 0 Å². The van der Waals surface area contributed by atoms with Crippen molar-refractivity contribution < 1.29 is 4.74 Å².